The van der Waals surface area contributed by atoms with E-state index in [0.29, 0.717) is 11.4 Å². The molecule has 1 atom stereocenters. The zero-order chi connectivity index (χ0) is 13.8. The quantitative estimate of drug-likeness (QED) is 0.728. The molecule has 0 fully saturated rings. The van der Waals surface area contributed by atoms with E-state index in [2.05, 4.69) is 10.3 Å². The van der Waals surface area contributed by atoms with Gasteiger partial charge in [-0.15, -0.1) is 0 Å². The van der Waals surface area contributed by atoms with Crippen molar-refractivity contribution in [3.8, 4) is 0 Å². The zero-order valence-corrected chi connectivity index (χ0v) is 10.6. The van der Waals surface area contributed by atoms with E-state index in [-0.39, 0.29) is 6.04 Å². The van der Waals surface area contributed by atoms with E-state index < -0.39 is 5.91 Å². The molecule has 0 aliphatic carbocycles. The molecule has 1 amide bonds. The average molecular weight is 256 g/mol. The van der Waals surface area contributed by atoms with Gasteiger partial charge < -0.3 is 16.8 Å². The number of nitrogens with zero attached hydrogens (tertiary/aromatic N) is 1. The van der Waals surface area contributed by atoms with Crippen molar-refractivity contribution < 1.29 is 4.79 Å². The van der Waals surface area contributed by atoms with Gasteiger partial charge in [-0.25, -0.2) is 4.98 Å². The molecule has 0 saturated heterocycles. The van der Waals surface area contributed by atoms with Crippen LogP contribution >= 0.6 is 0 Å². The van der Waals surface area contributed by atoms with E-state index in [9.17, 15) is 4.79 Å². The van der Waals surface area contributed by atoms with E-state index in [1.807, 2.05) is 31.2 Å². The first-order valence-electron chi connectivity index (χ1n) is 5.94. The maximum absolute atomic E-state index is 10.9. The number of benzene rings is 1. The van der Waals surface area contributed by atoms with Crippen molar-refractivity contribution in [3.63, 3.8) is 0 Å². The van der Waals surface area contributed by atoms with Crippen molar-refractivity contribution in [2.45, 2.75) is 13.0 Å². The smallest absolute Gasteiger partial charge is 0.250 e. The molecular weight excluding hydrogens is 240 g/mol. The third kappa shape index (κ3) is 3.01. The second-order valence-electron chi connectivity index (χ2n) is 4.29. The van der Waals surface area contributed by atoms with Crippen molar-refractivity contribution in [2.75, 3.05) is 11.1 Å². The monoisotopic (exact) mass is 256 g/mol. The Morgan fingerprint density at radius 1 is 1.26 bits per heavy atom. The van der Waals surface area contributed by atoms with Crippen LogP contribution < -0.4 is 16.8 Å². The van der Waals surface area contributed by atoms with E-state index in [0.717, 1.165) is 11.3 Å². The molecule has 0 aliphatic rings. The molecule has 5 N–H and O–H groups in total. The summed E-state index contributed by atoms with van der Waals surface area (Å²) in [6.07, 6.45) is 1.45. The zero-order valence-electron chi connectivity index (χ0n) is 10.6. The predicted molar refractivity (Wildman–Crippen MR) is 75.6 cm³/mol. The van der Waals surface area contributed by atoms with E-state index in [1.54, 1.807) is 12.1 Å². The van der Waals surface area contributed by atoms with Crippen LogP contribution in [-0.4, -0.2) is 10.9 Å². The summed E-state index contributed by atoms with van der Waals surface area (Å²) < 4.78 is 0. The van der Waals surface area contributed by atoms with Crippen LogP contribution in [0.15, 0.2) is 42.6 Å². The van der Waals surface area contributed by atoms with E-state index in [1.165, 1.54) is 6.20 Å². The van der Waals surface area contributed by atoms with E-state index in [4.69, 9.17) is 11.5 Å². The summed E-state index contributed by atoms with van der Waals surface area (Å²) in [6, 6.07) is 11.0. The molecule has 5 nitrogen and oxygen atoms in total. The number of primary amides is 1. The third-order valence-electron chi connectivity index (χ3n) is 2.87. The summed E-state index contributed by atoms with van der Waals surface area (Å²) in [5.41, 5.74) is 13.2. The fourth-order valence-corrected chi connectivity index (χ4v) is 1.83. The minimum absolute atomic E-state index is 0.0214. The summed E-state index contributed by atoms with van der Waals surface area (Å²) in [4.78, 5) is 15.1. The Morgan fingerprint density at radius 3 is 2.58 bits per heavy atom. The molecule has 0 radical (unpaired) electrons. The number of anilines is 2. The van der Waals surface area contributed by atoms with Crippen LogP contribution in [0.25, 0.3) is 0 Å². The molecule has 1 aromatic heterocycles. The van der Waals surface area contributed by atoms with Crippen molar-refractivity contribution in [1.82, 2.24) is 4.98 Å². The number of pyridine rings is 1. The van der Waals surface area contributed by atoms with Crippen LogP contribution in [0.3, 0.4) is 0 Å². The summed E-state index contributed by atoms with van der Waals surface area (Å²) in [5, 5.41) is 3.22. The van der Waals surface area contributed by atoms with Gasteiger partial charge in [-0.05, 0) is 30.7 Å². The second-order valence-corrected chi connectivity index (χ2v) is 4.29. The summed E-state index contributed by atoms with van der Waals surface area (Å²) in [6.45, 7) is 2.00. The average Bonchev–Trinajstić information content (AvgIpc) is 2.39. The number of nitrogens with one attached hydrogen (secondary N) is 1. The number of aromatic nitrogens is 1. The minimum Gasteiger partial charge on any atom is -0.398 e. The van der Waals surface area contributed by atoms with Crippen LogP contribution in [0.1, 0.15) is 28.9 Å². The topological polar surface area (TPSA) is 94.0 Å². The lowest BCUT2D eigenvalue weighted by Crippen LogP contribution is -2.13. The van der Waals surface area contributed by atoms with Gasteiger partial charge in [-0.2, -0.15) is 0 Å². The molecule has 0 aliphatic heterocycles. The van der Waals surface area contributed by atoms with Crippen molar-refractivity contribution in [3.05, 3.63) is 53.7 Å². The molecule has 1 heterocycles. The number of nitrogen functional groups attached to an aromatic ring is 1. The second kappa shape index (κ2) is 5.39. The third-order valence-corrected chi connectivity index (χ3v) is 2.87. The van der Waals surface area contributed by atoms with Gasteiger partial charge in [-0.3, -0.25) is 4.79 Å². The van der Waals surface area contributed by atoms with Gasteiger partial charge in [0.15, 0.2) is 0 Å². The lowest BCUT2D eigenvalue weighted by molar-refractivity contribution is 0.1000. The van der Waals surface area contributed by atoms with Crippen LogP contribution in [0.4, 0.5) is 11.5 Å². The Kier molecular flexibility index (Phi) is 3.66. The molecule has 98 valence electrons. The largest absolute Gasteiger partial charge is 0.398 e. The predicted octanol–water partition coefficient (Wildman–Crippen LogP) is 1.94. The number of carbonyl (C=O) groups excluding carboxylic acids is 1. The highest BCUT2D eigenvalue weighted by atomic mass is 16.1. The summed E-state index contributed by atoms with van der Waals surface area (Å²) >= 11 is 0. The first-order valence-corrected chi connectivity index (χ1v) is 5.94. The number of hydrogen-bond acceptors (Lipinski definition) is 4. The molecule has 1 aromatic carbocycles. The van der Waals surface area contributed by atoms with Gasteiger partial charge in [0, 0.05) is 11.9 Å². The van der Waals surface area contributed by atoms with E-state index >= 15 is 0 Å². The Hall–Kier alpha value is -2.56. The first kappa shape index (κ1) is 12.9. The van der Waals surface area contributed by atoms with Crippen LogP contribution in [0.2, 0.25) is 0 Å². The molecule has 1 unspecified atom stereocenters. The molecule has 2 rings (SSSR count). The van der Waals surface area contributed by atoms with Gasteiger partial charge >= 0.3 is 0 Å². The maximum atomic E-state index is 10.9. The Morgan fingerprint density at radius 2 is 2.00 bits per heavy atom. The van der Waals surface area contributed by atoms with Crippen molar-refractivity contribution in [2.24, 2.45) is 5.73 Å². The standard InChI is InChI=1S/C14H16N4O/c1-9(11-4-2-3-5-12(11)15)18-13-7-6-10(8-17-13)14(16)19/h2-9H,15H2,1H3,(H2,16,19)(H,17,18). The molecule has 0 saturated carbocycles. The normalized spacial score (nSPS) is 11.8. The minimum atomic E-state index is -0.487. The number of rotatable bonds is 4. The molecule has 0 spiro atoms. The number of hydrogen-bond donors (Lipinski definition) is 3. The highest BCUT2D eigenvalue weighted by Gasteiger charge is 2.09. The number of amides is 1. The Bertz CT molecular complexity index is 580. The molecule has 19 heavy (non-hydrogen) atoms. The maximum Gasteiger partial charge on any atom is 0.250 e. The molecule has 2 aromatic rings. The van der Waals surface area contributed by atoms with Gasteiger partial charge in [0.1, 0.15) is 5.82 Å². The first-order chi connectivity index (χ1) is 9.08. The SMILES string of the molecule is CC(Nc1ccc(C(N)=O)cn1)c1ccccc1N. The van der Waals surface area contributed by atoms with Gasteiger partial charge in [0.05, 0.1) is 11.6 Å². The van der Waals surface area contributed by atoms with Crippen LogP contribution in [0, 0.1) is 0 Å². The molecule has 0 bridgehead atoms. The van der Waals surface area contributed by atoms with Crippen LogP contribution in [0.5, 0.6) is 0 Å². The van der Waals surface area contributed by atoms with Crippen molar-refractivity contribution in [1.29, 1.82) is 0 Å². The lowest BCUT2D eigenvalue weighted by atomic mass is 10.1. The highest BCUT2D eigenvalue weighted by molar-refractivity contribution is 5.92. The Labute approximate surface area is 111 Å². The fraction of sp³-hybridized carbons (Fsp3) is 0.143. The molecule has 5 heteroatoms. The van der Waals surface area contributed by atoms with Crippen LogP contribution in [-0.2, 0) is 0 Å². The van der Waals surface area contributed by atoms with Crippen molar-refractivity contribution >= 4 is 17.4 Å². The number of para-hydroxylation sites is 1. The number of nitrogens with two attached hydrogens (primary N) is 2. The van der Waals surface area contributed by atoms with Gasteiger partial charge in [0.2, 0.25) is 5.91 Å². The van der Waals surface area contributed by atoms with Gasteiger partial charge in [-0.1, -0.05) is 18.2 Å². The Balaban J connectivity index is 2.13. The van der Waals surface area contributed by atoms with Gasteiger partial charge in [0.25, 0.3) is 0 Å². The summed E-state index contributed by atoms with van der Waals surface area (Å²) in [7, 11) is 0. The summed E-state index contributed by atoms with van der Waals surface area (Å²) in [5.74, 6) is 0.181. The molecular formula is C14H16N4O. The lowest BCUT2D eigenvalue weighted by Gasteiger charge is -2.16. The highest BCUT2D eigenvalue weighted by Crippen LogP contribution is 2.22. The fourth-order valence-electron chi connectivity index (χ4n) is 1.83. The number of carbonyl (C=O) groups is 1.